The molecule has 1 aromatic heterocycles. The van der Waals surface area contributed by atoms with Gasteiger partial charge in [-0.3, -0.25) is 0 Å². The quantitative estimate of drug-likeness (QED) is 0.858. The molecule has 0 fully saturated rings. The fourth-order valence-corrected chi connectivity index (χ4v) is 2.62. The summed E-state index contributed by atoms with van der Waals surface area (Å²) in [6, 6.07) is 11.9. The molecule has 0 saturated carbocycles. The number of aromatic nitrogens is 1. The van der Waals surface area contributed by atoms with Crippen LogP contribution in [0.2, 0.25) is 0 Å². The number of nitrogens with zero attached hydrogens (tertiary/aromatic N) is 1. The average Bonchev–Trinajstić information content (AvgIpc) is 2.41. The van der Waals surface area contributed by atoms with Gasteiger partial charge in [0.1, 0.15) is 5.75 Å². The Morgan fingerprint density at radius 1 is 1.00 bits per heavy atom. The molecule has 1 aliphatic rings. The van der Waals surface area contributed by atoms with Crippen molar-refractivity contribution in [3.05, 3.63) is 53.7 Å². The van der Waals surface area contributed by atoms with E-state index in [1.54, 1.807) is 0 Å². The van der Waals surface area contributed by atoms with E-state index in [2.05, 4.69) is 44.1 Å². The normalized spacial score (nSPS) is 15.7. The lowest BCUT2D eigenvalue weighted by molar-refractivity contribution is 0.462. The summed E-state index contributed by atoms with van der Waals surface area (Å²) in [6.45, 7) is 8.44. The number of anilines is 1. The van der Waals surface area contributed by atoms with Gasteiger partial charge in [0.05, 0.1) is 16.9 Å². The van der Waals surface area contributed by atoms with Gasteiger partial charge in [-0.25, -0.2) is 4.98 Å². The minimum Gasteiger partial charge on any atom is -0.439 e. The second-order valence-electron chi connectivity index (χ2n) is 6.13. The first kappa shape index (κ1) is 13.7. The van der Waals surface area contributed by atoms with Crippen molar-refractivity contribution < 1.29 is 4.74 Å². The standard InChI is InChI=1S/C18H20N2O/c1-12-5-7-14(8-6-12)21-16-10-9-15-17(19-16)13(2)11-18(3,4)20-15/h5-11,20H,1-4H3. The van der Waals surface area contributed by atoms with Crippen LogP contribution in [-0.2, 0) is 0 Å². The molecule has 108 valence electrons. The third-order valence-corrected chi connectivity index (χ3v) is 3.52. The van der Waals surface area contributed by atoms with Crippen LogP contribution in [0.4, 0.5) is 5.69 Å². The first-order valence-corrected chi connectivity index (χ1v) is 7.16. The van der Waals surface area contributed by atoms with E-state index in [1.165, 1.54) is 11.1 Å². The minimum atomic E-state index is -0.0436. The highest BCUT2D eigenvalue weighted by Gasteiger charge is 2.23. The molecule has 21 heavy (non-hydrogen) atoms. The van der Waals surface area contributed by atoms with Crippen LogP contribution in [0.3, 0.4) is 0 Å². The van der Waals surface area contributed by atoms with Crippen LogP contribution < -0.4 is 10.1 Å². The topological polar surface area (TPSA) is 34.1 Å². The van der Waals surface area contributed by atoms with Gasteiger partial charge in [0, 0.05) is 6.07 Å². The fourth-order valence-electron chi connectivity index (χ4n) is 2.62. The molecule has 0 radical (unpaired) electrons. The first-order valence-electron chi connectivity index (χ1n) is 7.16. The molecule has 1 N–H and O–H groups in total. The summed E-state index contributed by atoms with van der Waals surface area (Å²) < 4.78 is 5.83. The predicted molar refractivity (Wildman–Crippen MR) is 86.8 cm³/mol. The molecule has 0 aliphatic carbocycles. The summed E-state index contributed by atoms with van der Waals surface area (Å²) in [6.07, 6.45) is 2.19. The minimum absolute atomic E-state index is 0.0436. The number of fused-ring (bicyclic) bond motifs is 1. The number of allylic oxidation sites excluding steroid dienone is 1. The number of hydrogen-bond donors (Lipinski definition) is 1. The largest absolute Gasteiger partial charge is 0.439 e. The Morgan fingerprint density at radius 3 is 2.43 bits per heavy atom. The van der Waals surface area contributed by atoms with E-state index < -0.39 is 0 Å². The zero-order chi connectivity index (χ0) is 15.0. The molecule has 2 aromatic rings. The number of nitrogens with one attached hydrogen (secondary N) is 1. The number of aryl methyl sites for hydroxylation is 1. The lowest BCUT2D eigenvalue weighted by Crippen LogP contribution is -2.31. The highest BCUT2D eigenvalue weighted by atomic mass is 16.5. The van der Waals surface area contributed by atoms with Gasteiger partial charge in [-0.2, -0.15) is 0 Å². The van der Waals surface area contributed by atoms with Crippen LogP contribution in [0.15, 0.2) is 42.5 Å². The molecular formula is C18H20N2O. The first-order chi connectivity index (χ1) is 9.93. The van der Waals surface area contributed by atoms with Crippen LogP contribution in [-0.4, -0.2) is 10.5 Å². The molecular weight excluding hydrogens is 260 g/mol. The van der Waals surface area contributed by atoms with Crippen LogP contribution in [0.25, 0.3) is 5.57 Å². The highest BCUT2D eigenvalue weighted by Crippen LogP contribution is 2.34. The Labute approximate surface area is 125 Å². The maximum Gasteiger partial charge on any atom is 0.219 e. The molecule has 0 amide bonds. The maximum atomic E-state index is 5.83. The molecule has 0 saturated heterocycles. The van der Waals surface area contributed by atoms with E-state index in [9.17, 15) is 0 Å². The summed E-state index contributed by atoms with van der Waals surface area (Å²) in [4.78, 5) is 4.62. The van der Waals surface area contributed by atoms with Gasteiger partial charge in [0.2, 0.25) is 5.88 Å². The van der Waals surface area contributed by atoms with Crippen molar-refractivity contribution in [2.75, 3.05) is 5.32 Å². The van der Waals surface area contributed by atoms with Crippen LogP contribution >= 0.6 is 0 Å². The Kier molecular flexibility index (Phi) is 3.20. The summed E-state index contributed by atoms with van der Waals surface area (Å²) in [5.41, 5.74) is 4.35. The van der Waals surface area contributed by atoms with Crippen molar-refractivity contribution in [2.24, 2.45) is 0 Å². The van der Waals surface area contributed by atoms with Gasteiger partial charge in [0.15, 0.2) is 0 Å². The molecule has 3 heteroatoms. The highest BCUT2D eigenvalue weighted by molar-refractivity contribution is 5.77. The zero-order valence-corrected chi connectivity index (χ0v) is 12.9. The van der Waals surface area contributed by atoms with Crippen LogP contribution in [0, 0.1) is 6.92 Å². The molecule has 3 rings (SSSR count). The molecule has 3 nitrogen and oxygen atoms in total. The third kappa shape index (κ3) is 2.92. The molecule has 0 bridgehead atoms. The molecule has 2 heterocycles. The average molecular weight is 280 g/mol. The SMILES string of the molecule is CC1=CC(C)(C)Nc2ccc(Oc3ccc(C)cc3)nc21. The molecule has 0 atom stereocenters. The Morgan fingerprint density at radius 2 is 1.71 bits per heavy atom. The molecule has 1 aliphatic heterocycles. The number of benzene rings is 1. The van der Waals surface area contributed by atoms with Gasteiger partial charge in [-0.05, 0) is 51.5 Å². The molecule has 0 unspecified atom stereocenters. The number of hydrogen-bond acceptors (Lipinski definition) is 3. The van der Waals surface area contributed by atoms with E-state index >= 15 is 0 Å². The summed E-state index contributed by atoms with van der Waals surface area (Å²) in [5, 5.41) is 3.47. The van der Waals surface area contributed by atoms with Crippen LogP contribution in [0.5, 0.6) is 11.6 Å². The Hall–Kier alpha value is -2.29. The molecule has 0 spiro atoms. The lowest BCUT2D eigenvalue weighted by Gasteiger charge is -2.30. The number of ether oxygens (including phenoxy) is 1. The van der Waals surface area contributed by atoms with Gasteiger partial charge in [0.25, 0.3) is 0 Å². The monoisotopic (exact) mass is 280 g/mol. The van der Waals surface area contributed by atoms with Crippen molar-refractivity contribution in [3.63, 3.8) is 0 Å². The van der Waals surface area contributed by atoms with E-state index in [4.69, 9.17) is 4.74 Å². The Bertz CT molecular complexity index is 700. The zero-order valence-electron chi connectivity index (χ0n) is 12.9. The van der Waals surface area contributed by atoms with E-state index in [1.807, 2.05) is 36.4 Å². The summed E-state index contributed by atoms with van der Waals surface area (Å²) >= 11 is 0. The van der Waals surface area contributed by atoms with Crippen molar-refractivity contribution in [2.45, 2.75) is 33.2 Å². The molecule has 1 aromatic carbocycles. The smallest absolute Gasteiger partial charge is 0.219 e. The predicted octanol–water partition coefficient (Wildman–Crippen LogP) is 4.79. The van der Waals surface area contributed by atoms with Crippen molar-refractivity contribution >= 4 is 11.3 Å². The van der Waals surface area contributed by atoms with E-state index in [0.29, 0.717) is 5.88 Å². The number of pyridine rings is 1. The van der Waals surface area contributed by atoms with E-state index in [0.717, 1.165) is 17.1 Å². The van der Waals surface area contributed by atoms with Gasteiger partial charge in [-0.15, -0.1) is 0 Å². The maximum absolute atomic E-state index is 5.83. The Balaban J connectivity index is 1.90. The van der Waals surface area contributed by atoms with Crippen molar-refractivity contribution in [1.29, 1.82) is 0 Å². The van der Waals surface area contributed by atoms with E-state index in [-0.39, 0.29) is 5.54 Å². The van der Waals surface area contributed by atoms with Crippen molar-refractivity contribution in [3.8, 4) is 11.6 Å². The van der Waals surface area contributed by atoms with Gasteiger partial charge < -0.3 is 10.1 Å². The second-order valence-corrected chi connectivity index (χ2v) is 6.13. The second kappa shape index (κ2) is 4.92. The summed E-state index contributed by atoms with van der Waals surface area (Å²) in [7, 11) is 0. The van der Waals surface area contributed by atoms with Crippen LogP contribution in [0.1, 0.15) is 32.0 Å². The number of rotatable bonds is 2. The third-order valence-electron chi connectivity index (χ3n) is 3.52. The van der Waals surface area contributed by atoms with Crippen molar-refractivity contribution in [1.82, 2.24) is 4.98 Å². The van der Waals surface area contributed by atoms with Gasteiger partial charge >= 0.3 is 0 Å². The fraction of sp³-hybridized carbons (Fsp3) is 0.278. The summed E-state index contributed by atoms with van der Waals surface area (Å²) in [5.74, 6) is 1.42. The van der Waals surface area contributed by atoms with Gasteiger partial charge in [-0.1, -0.05) is 23.8 Å². The lowest BCUT2D eigenvalue weighted by atomic mass is 9.94.